The molecule has 0 spiro atoms. The lowest BCUT2D eigenvalue weighted by Gasteiger charge is -2.07. The van der Waals surface area contributed by atoms with Crippen molar-refractivity contribution in [3.8, 4) is 17.0 Å². The number of amides is 1. The van der Waals surface area contributed by atoms with Crippen molar-refractivity contribution >= 4 is 22.4 Å². The molecule has 1 amide bonds. The Bertz CT molecular complexity index is 869. The van der Waals surface area contributed by atoms with Crippen molar-refractivity contribution in [2.75, 3.05) is 12.4 Å². The number of methoxy groups -OCH3 is 1. The number of aryl methyl sites for hydroxylation is 1. The molecule has 2 aromatic carbocycles. The average molecular weight is 338 g/mol. The van der Waals surface area contributed by atoms with Gasteiger partial charge in [0.15, 0.2) is 5.13 Å². The molecule has 0 unspecified atom stereocenters. The topological polar surface area (TPSA) is 51.2 Å². The highest BCUT2D eigenvalue weighted by Crippen LogP contribution is 2.27. The van der Waals surface area contributed by atoms with E-state index in [0.717, 1.165) is 28.1 Å². The molecule has 0 saturated carbocycles. The maximum absolute atomic E-state index is 12.5. The number of carbonyl (C=O) groups is 1. The molecule has 5 heteroatoms. The molecule has 0 saturated heterocycles. The van der Waals surface area contributed by atoms with Crippen LogP contribution in [0.3, 0.4) is 0 Å². The highest BCUT2D eigenvalue weighted by molar-refractivity contribution is 7.14. The second-order valence-electron chi connectivity index (χ2n) is 5.47. The number of nitrogens with one attached hydrogen (secondary N) is 1. The Morgan fingerprint density at radius 2 is 1.88 bits per heavy atom. The molecule has 0 fully saturated rings. The zero-order valence-corrected chi connectivity index (χ0v) is 14.6. The number of ether oxygens (including phenoxy) is 1. The smallest absolute Gasteiger partial charge is 0.257 e. The van der Waals surface area contributed by atoms with Crippen LogP contribution in [0.15, 0.2) is 47.8 Å². The van der Waals surface area contributed by atoms with Crippen molar-refractivity contribution in [1.82, 2.24) is 4.98 Å². The van der Waals surface area contributed by atoms with Crippen molar-refractivity contribution in [3.63, 3.8) is 0 Å². The summed E-state index contributed by atoms with van der Waals surface area (Å²) < 4.78 is 5.16. The normalized spacial score (nSPS) is 10.5. The fourth-order valence-electron chi connectivity index (χ4n) is 2.39. The maximum Gasteiger partial charge on any atom is 0.257 e. The number of anilines is 1. The second kappa shape index (κ2) is 6.84. The minimum absolute atomic E-state index is 0.133. The summed E-state index contributed by atoms with van der Waals surface area (Å²) in [5.74, 6) is 0.671. The van der Waals surface area contributed by atoms with Crippen LogP contribution in [0.25, 0.3) is 11.3 Å². The first-order valence-corrected chi connectivity index (χ1v) is 8.44. The van der Waals surface area contributed by atoms with Gasteiger partial charge in [0.1, 0.15) is 5.75 Å². The largest absolute Gasteiger partial charge is 0.497 e. The first kappa shape index (κ1) is 16.2. The highest BCUT2D eigenvalue weighted by Gasteiger charge is 2.13. The molecule has 4 nitrogen and oxygen atoms in total. The van der Waals surface area contributed by atoms with Crippen molar-refractivity contribution < 1.29 is 9.53 Å². The zero-order chi connectivity index (χ0) is 17.1. The summed E-state index contributed by atoms with van der Waals surface area (Å²) in [6, 6.07) is 13.4. The highest BCUT2D eigenvalue weighted by atomic mass is 32.1. The summed E-state index contributed by atoms with van der Waals surface area (Å²) in [7, 11) is 1.64. The fraction of sp³-hybridized carbons (Fsp3) is 0.158. The van der Waals surface area contributed by atoms with E-state index in [0.29, 0.717) is 10.7 Å². The fourth-order valence-corrected chi connectivity index (χ4v) is 3.10. The van der Waals surface area contributed by atoms with Gasteiger partial charge in [-0.05, 0) is 55.3 Å². The molecule has 1 heterocycles. The third-order valence-corrected chi connectivity index (χ3v) is 4.72. The van der Waals surface area contributed by atoms with Crippen LogP contribution < -0.4 is 10.1 Å². The minimum Gasteiger partial charge on any atom is -0.497 e. The molecule has 0 aliphatic rings. The first-order chi connectivity index (χ1) is 11.6. The van der Waals surface area contributed by atoms with Gasteiger partial charge in [-0.2, -0.15) is 0 Å². The van der Waals surface area contributed by atoms with Crippen LogP contribution in [0.1, 0.15) is 21.5 Å². The van der Waals surface area contributed by atoms with Gasteiger partial charge >= 0.3 is 0 Å². The molecule has 0 bridgehead atoms. The third-order valence-electron chi connectivity index (χ3n) is 3.96. The minimum atomic E-state index is -0.133. The van der Waals surface area contributed by atoms with Crippen molar-refractivity contribution in [2.45, 2.75) is 13.8 Å². The van der Waals surface area contributed by atoms with E-state index in [1.165, 1.54) is 11.3 Å². The molecular formula is C19H18N2O2S. The molecule has 1 aromatic heterocycles. The molecule has 3 rings (SSSR count). The van der Waals surface area contributed by atoms with Crippen LogP contribution in [0.4, 0.5) is 5.13 Å². The monoisotopic (exact) mass is 338 g/mol. The molecule has 122 valence electrons. The van der Waals surface area contributed by atoms with E-state index in [4.69, 9.17) is 4.74 Å². The Hall–Kier alpha value is -2.66. The number of thiazole rings is 1. The van der Waals surface area contributed by atoms with Gasteiger partial charge in [0.05, 0.1) is 12.8 Å². The predicted octanol–water partition coefficient (Wildman–Crippen LogP) is 4.69. The lowest BCUT2D eigenvalue weighted by atomic mass is 10.0. The Balaban J connectivity index is 1.78. The van der Waals surface area contributed by atoms with Gasteiger partial charge < -0.3 is 4.74 Å². The van der Waals surface area contributed by atoms with Crippen molar-refractivity contribution in [1.29, 1.82) is 0 Å². The van der Waals surface area contributed by atoms with Crippen LogP contribution in [0, 0.1) is 13.8 Å². The molecule has 0 aliphatic carbocycles. The molecule has 0 aliphatic heterocycles. The van der Waals surface area contributed by atoms with Crippen LogP contribution >= 0.6 is 11.3 Å². The SMILES string of the molecule is COc1ccc(-c2csc(NC(=O)c3cccc(C)c3C)n2)cc1. The maximum atomic E-state index is 12.5. The van der Waals surface area contributed by atoms with E-state index in [9.17, 15) is 4.79 Å². The lowest BCUT2D eigenvalue weighted by Crippen LogP contribution is -2.13. The summed E-state index contributed by atoms with van der Waals surface area (Å²) in [4.78, 5) is 17.0. The number of hydrogen-bond donors (Lipinski definition) is 1. The van der Waals surface area contributed by atoms with Crippen molar-refractivity contribution in [3.05, 3.63) is 64.5 Å². The van der Waals surface area contributed by atoms with E-state index in [-0.39, 0.29) is 5.91 Å². The Morgan fingerprint density at radius 3 is 2.58 bits per heavy atom. The van der Waals surface area contributed by atoms with E-state index in [1.807, 2.05) is 61.7 Å². The van der Waals surface area contributed by atoms with E-state index >= 15 is 0 Å². The lowest BCUT2D eigenvalue weighted by molar-refractivity contribution is 0.102. The summed E-state index contributed by atoms with van der Waals surface area (Å²) in [5.41, 5.74) is 4.58. The zero-order valence-electron chi connectivity index (χ0n) is 13.8. The summed E-state index contributed by atoms with van der Waals surface area (Å²) >= 11 is 1.41. The second-order valence-corrected chi connectivity index (χ2v) is 6.33. The molecule has 1 N–H and O–H groups in total. The molecule has 0 radical (unpaired) electrons. The van der Waals surface area contributed by atoms with Gasteiger partial charge in [-0.15, -0.1) is 11.3 Å². The van der Waals surface area contributed by atoms with Crippen LogP contribution in [0.2, 0.25) is 0 Å². The molecule has 3 aromatic rings. The van der Waals surface area contributed by atoms with Crippen LogP contribution in [0.5, 0.6) is 5.75 Å². The van der Waals surface area contributed by atoms with Gasteiger partial charge in [0, 0.05) is 16.5 Å². The number of hydrogen-bond acceptors (Lipinski definition) is 4. The van der Waals surface area contributed by atoms with Crippen LogP contribution in [-0.2, 0) is 0 Å². The number of benzene rings is 2. The first-order valence-electron chi connectivity index (χ1n) is 7.56. The Labute approximate surface area is 145 Å². The van der Waals surface area contributed by atoms with Crippen molar-refractivity contribution in [2.24, 2.45) is 0 Å². The van der Waals surface area contributed by atoms with Gasteiger partial charge in [-0.25, -0.2) is 4.98 Å². The third kappa shape index (κ3) is 3.31. The Kier molecular flexibility index (Phi) is 4.62. The number of nitrogens with zero attached hydrogens (tertiary/aromatic N) is 1. The molecule has 24 heavy (non-hydrogen) atoms. The number of carbonyl (C=O) groups excluding carboxylic acids is 1. The molecular weight excluding hydrogens is 320 g/mol. The molecule has 0 atom stereocenters. The number of rotatable bonds is 4. The van der Waals surface area contributed by atoms with Gasteiger partial charge in [0.25, 0.3) is 5.91 Å². The van der Waals surface area contributed by atoms with Gasteiger partial charge in [0.2, 0.25) is 0 Å². The van der Waals surface area contributed by atoms with Crippen LogP contribution in [-0.4, -0.2) is 18.0 Å². The average Bonchev–Trinajstić information content (AvgIpc) is 3.05. The summed E-state index contributed by atoms with van der Waals surface area (Å²) in [6.07, 6.45) is 0. The predicted molar refractivity (Wildman–Crippen MR) is 98.0 cm³/mol. The van der Waals surface area contributed by atoms with E-state index < -0.39 is 0 Å². The van der Waals surface area contributed by atoms with Gasteiger partial charge in [-0.1, -0.05) is 12.1 Å². The Morgan fingerprint density at radius 1 is 1.12 bits per heavy atom. The quantitative estimate of drug-likeness (QED) is 0.751. The summed E-state index contributed by atoms with van der Waals surface area (Å²) in [6.45, 7) is 3.95. The standard InChI is InChI=1S/C19H18N2O2S/c1-12-5-4-6-16(13(12)2)18(22)21-19-20-17(11-24-19)14-7-9-15(23-3)10-8-14/h4-11H,1-3H3,(H,20,21,22). The van der Waals surface area contributed by atoms with Gasteiger partial charge in [-0.3, -0.25) is 10.1 Å². The number of aromatic nitrogens is 1. The van der Waals surface area contributed by atoms with E-state index in [1.54, 1.807) is 7.11 Å². The van der Waals surface area contributed by atoms with E-state index in [2.05, 4.69) is 10.3 Å². The summed E-state index contributed by atoms with van der Waals surface area (Å²) in [5, 5.41) is 5.40.